The van der Waals surface area contributed by atoms with Crippen molar-refractivity contribution in [1.29, 1.82) is 0 Å². The van der Waals surface area contributed by atoms with E-state index in [4.69, 9.17) is 4.18 Å². The minimum atomic E-state index is -3.63. The number of amides is 1. The Morgan fingerprint density at radius 1 is 0.743 bits per heavy atom. The molecule has 0 heterocycles. The fourth-order valence-electron chi connectivity index (χ4n) is 3.67. The van der Waals surface area contributed by atoms with E-state index in [2.05, 4.69) is 0 Å². The van der Waals surface area contributed by atoms with E-state index in [1.54, 1.807) is 53.4 Å². The second kappa shape index (κ2) is 10.5. The Bertz CT molecular complexity index is 1390. The van der Waals surface area contributed by atoms with Crippen LogP contribution in [-0.2, 0) is 23.2 Å². The van der Waals surface area contributed by atoms with Crippen LogP contribution in [0.2, 0.25) is 0 Å². The molecule has 0 aliphatic rings. The number of nitrogens with zero attached hydrogens (tertiary/aromatic N) is 1. The van der Waals surface area contributed by atoms with Crippen LogP contribution in [0.5, 0.6) is 5.75 Å². The Morgan fingerprint density at radius 2 is 1.26 bits per heavy atom. The summed E-state index contributed by atoms with van der Waals surface area (Å²) in [6, 6.07) is 29.9. The third kappa shape index (κ3) is 6.77. The van der Waals surface area contributed by atoms with Crippen LogP contribution in [0, 0.1) is 5.82 Å². The second-order valence-corrected chi connectivity index (χ2v) is 9.74. The first-order valence-corrected chi connectivity index (χ1v) is 12.8. The molecular weight excluding hydrogens is 465 g/mol. The number of hydrogen-bond acceptors (Lipinski definition) is 4. The number of hydrogen-bond donors (Lipinski definition) is 0. The van der Waals surface area contributed by atoms with Crippen molar-refractivity contribution in [1.82, 2.24) is 4.90 Å². The molecule has 0 bridgehead atoms. The molecule has 5 nitrogen and oxygen atoms in total. The topological polar surface area (TPSA) is 63.7 Å². The summed E-state index contributed by atoms with van der Waals surface area (Å²) in [6.45, 7) is 0.553. The van der Waals surface area contributed by atoms with Gasteiger partial charge in [0.25, 0.3) is 5.91 Å². The highest BCUT2D eigenvalue weighted by Crippen LogP contribution is 2.22. The first kappa shape index (κ1) is 24.2. The average Bonchev–Trinajstić information content (AvgIpc) is 2.85. The van der Waals surface area contributed by atoms with E-state index in [9.17, 15) is 17.6 Å². The van der Waals surface area contributed by atoms with E-state index < -0.39 is 10.1 Å². The Hall–Kier alpha value is -3.97. The minimum Gasteiger partial charge on any atom is -0.383 e. The molecule has 178 valence electrons. The molecule has 0 radical (unpaired) electrons. The van der Waals surface area contributed by atoms with Gasteiger partial charge in [-0.2, -0.15) is 8.42 Å². The number of carbonyl (C=O) groups is 1. The van der Waals surface area contributed by atoms with Gasteiger partial charge in [0.15, 0.2) is 0 Å². The highest BCUT2D eigenvalue weighted by atomic mass is 32.2. The fourth-order valence-corrected chi connectivity index (χ4v) is 4.13. The molecule has 0 aliphatic heterocycles. The third-order valence-corrected chi connectivity index (χ3v) is 5.85. The van der Waals surface area contributed by atoms with Crippen molar-refractivity contribution in [2.45, 2.75) is 13.1 Å². The molecule has 0 spiro atoms. The fraction of sp³-hybridized carbons (Fsp3) is 0.107. The van der Waals surface area contributed by atoms with Gasteiger partial charge in [0.05, 0.1) is 6.26 Å². The lowest BCUT2D eigenvalue weighted by Crippen LogP contribution is -2.30. The van der Waals surface area contributed by atoms with E-state index in [1.807, 2.05) is 42.5 Å². The summed E-state index contributed by atoms with van der Waals surface area (Å²) in [5.74, 6) is -0.320. The van der Waals surface area contributed by atoms with Crippen LogP contribution in [0.4, 0.5) is 4.39 Å². The first-order chi connectivity index (χ1) is 16.8. The minimum absolute atomic E-state index is 0.176. The molecule has 4 aromatic rings. The normalized spacial score (nSPS) is 11.1. The van der Waals surface area contributed by atoms with E-state index >= 15 is 0 Å². The third-order valence-electron chi connectivity index (χ3n) is 5.36. The lowest BCUT2D eigenvalue weighted by molar-refractivity contribution is 0.0730. The zero-order valence-electron chi connectivity index (χ0n) is 19.1. The highest BCUT2D eigenvalue weighted by molar-refractivity contribution is 7.86. The summed E-state index contributed by atoms with van der Waals surface area (Å²) in [6.07, 6.45) is 0.979. The molecule has 4 aromatic carbocycles. The molecule has 0 saturated carbocycles. The lowest BCUT2D eigenvalue weighted by atomic mass is 10.0. The molecule has 1 amide bonds. The molecule has 0 N–H and O–H groups in total. The first-order valence-electron chi connectivity index (χ1n) is 10.9. The number of rotatable bonds is 8. The summed E-state index contributed by atoms with van der Waals surface area (Å²) >= 11 is 0. The molecule has 0 unspecified atom stereocenters. The number of carbonyl (C=O) groups excluding carboxylic acids is 1. The summed E-state index contributed by atoms with van der Waals surface area (Å²) < 4.78 is 41.0. The van der Waals surface area contributed by atoms with Crippen LogP contribution in [0.1, 0.15) is 21.5 Å². The van der Waals surface area contributed by atoms with Crippen LogP contribution in [0.25, 0.3) is 11.1 Å². The van der Waals surface area contributed by atoms with Gasteiger partial charge in [0.2, 0.25) is 0 Å². The number of benzene rings is 4. The van der Waals surface area contributed by atoms with Gasteiger partial charge < -0.3 is 9.08 Å². The van der Waals surface area contributed by atoms with Crippen molar-refractivity contribution in [2.24, 2.45) is 0 Å². The van der Waals surface area contributed by atoms with Gasteiger partial charge in [-0.25, -0.2) is 4.39 Å². The SMILES string of the molecule is CS(=O)(=O)Oc1ccc(CN(Cc2ccc(F)cc2)C(=O)c2ccc(-c3ccccc3)cc2)cc1. The zero-order chi connectivity index (χ0) is 24.8. The predicted octanol–water partition coefficient (Wildman–Crippen LogP) is 5.67. The van der Waals surface area contributed by atoms with Crippen molar-refractivity contribution >= 4 is 16.0 Å². The maximum atomic E-state index is 13.5. The maximum absolute atomic E-state index is 13.5. The average molecular weight is 490 g/mol. The van der Waals surface area contributed by atoms with Crippen molar-refractivity contribution in [2.75, 3.05) is 6.26 Å². The van der Waals surface area contributed by atoms with Crippen LogP contribution in [0.15, 0.2) is 103 Å². The van der Waals surface area contributed by atoms with Gasteiger partial charge in [-0.1, -0.05) is 66.7 Å². The zero-order valence-corrected chi connectivity index (χ0v) is 19.9. The molecule has 0 atom stereocenters. The van der Waals surface area contributed by atoms with Crippen LogP contribution < -0.4 is 4.18 Å². The van der Waals surface area contributed by atoms with E-state index in [-0.39, 0.29) is 30.6 Å². The van der Waals surface area contributed by atoms with Gasteiger partial charge in [-0.15, -0.1) is 0 Å². The van der Waals surface area contributed by atoms with Gasteiger partial charge in [-0.3, -0.25) is 4.79 Å². The van der Waals surface area contributed by atoms with Crippen molar-refractivity contribution < 1.29 is 21.8 Å². The van der Waals surface area contributed by atoms with Crippen molar-refractivity contribution in [3.8, 4) is 16.9 Å². The Morgan fingerprint density at radius 3 is 1.80 bits per heavy atom. The van der Waals surface area contributed by atoms with Gasteiger partial charge in [-0.05, 0) is 58.7 Å². The van der Waals surface area contributed by atoms with Crippen molar-refractivity contribution in [3.05, 3.63) is 126 Å². The molecule has 0 aliphatic carbocycles. The molecule has 35 heavy (non-hydrogen) atoms. The van der Waals surface area contributed by atoms with Gasteiger partial charge in [0.1, 0.15) is 11.6 Å². The monoisotopic (exact) mass is 489 g/mol. The summed E-state index contributed by atoms with van der Waals surface area (Å²) in [4.78, 5) is 15.1. The Balaban J connectivity index is 1.57. The largest absolute Gasteiger partial charge is 0.383 e. The maximum Gasteiger partial charge on any atom is 0.306 e. The lowest BCUT2D eigenvalue weighted by Gasteiger charge is -2.23. The Labute approximate surface area is 204 Å². The van der Waals surface area contributed by atoms with Gasteiger partial charge in [0, 0.05) is 18.7 Å². The quantitative estimate of drug-likeness (QED) is 0.299. The van der Waals surface area contributed by atoms with E-state index in [0.717, 1.165) is 28.5 Å². The van der Waals surface area contributed by atoms with Crippen LogP contribution >= 0.6 is 0 Å². The van der Waals surface area contributed by atoms with E-state index in [0.29, 0.717) is 5.56 Å². The van der Waals surface area contributed by atoms with Gasteiger partial charge >= 0.3 is 10.1 Å². The van der Waals surface area contributed by atoms with Crippen molar-refractivity contribution in [3.63, 3.8) is 0 Å². The molecule has 4 rings (SSSR count). The predicted molar refractivity (Wildman–Crippen MR) is 134 cm³/mol. The molecular formula is C28H24FNO4S. The summed E-state index contributed by atoms with van der Waals surface area (Å²) in [5, 5.41) is 0. The molecule has 0 aromatic heterocycles. The standard InChI is InChI=1S/C28H24FNO4S/c1-35(32,33)34-27-17-9-22(10-18-27)20-30(19-21-7-15-26(29)16-8-21)28(31)25-13-11-24(12-14-25)23-5-3-2-4-6-23/h2-18H,19-20H2,1H3. The molecule has 0 fully saturated rings. The number of halogens is 1. The molecule has 7 heteroatoms. The highest BCUT2D eigenvalue weighted by Gasteiger charge is 2.17. The van der Waals surface area contributed by atoms with Crippen LogP contribution in [-0.4, -0.2) is 25.5 Å². The summed E-state index contributed by atoms with van der Waals surface area (Å²) in [7, 11) is -3.63. The van der Waals surface area contributed by atoms with Crippen LogP contribution in [0.3, 0.4) is 0 Å². The second-order valence-electron chi connectivity index (χ2n) is 8.16. The summed E-state index contributed by atoms with van der Waals surface area (Å²) in [5.41, 5.74) is 4.18. The van der Waals surface area contributed by atoms with E-state index in [1.165, 1.54) is 12.1 Å². The molecule has 0 saturated heterocycles. The Kier molecular flexibility index (Phi) is 7.27. The smallest absolute Gasteiger partial charge is 0.306 e.